The summed E-state index contributed by atoms with van der Waals surface area (Å²) in [5.41, 5.74) is 4.91. The molecule has 19 heavy (non-hydrogen) atoms. The van der Waals surface area contributed by atoms with Crippen LogP contribution < -0.4 is 10.1 Å². The molecule has 0 atom stereocenters. The van der Waals surface area contributed by atoms with E-state index in [1.807, 2.05) is 13.2 Å². The van der Waals surface area contributed by atoms with Crippen molar-refractivity contribution in [3.63, 3.8) is 0 Å². The molecule has 102 valence electrons. The lowest BCUT2D eigenvalue weighted by Crippen LogP contribution is -2.03. The topological polar surface area (TPSA) is 34.2 Å². The summed E-state index contributed by atoms with van der Waals surface area (Å²) < 4.78 is 5.47. The molecule has 0 aliphatic carbocycles. The SMILES string of the molecule is CNCc1ncc(-c2cc(C)c(OC)c(C)c2C)s1. The molecule has 2 rings (SSSR count). The van der Waals surface area contributed by atoms with Crippen LogP contribution >= 0.6 is 11.3 Å². The van der Waals surface area contributed by atoms with Crippen molar-refractivity contribution in [1.29, 1.82) is 0 Å². The van der Waals surface area contributed by atoms with Crippen LogP contribution in [0.4, 0.5) is 0 Å². The maximum absolute atomic E-state index is 5.47. The van der Waals surface area contributed by atoms with Gasteiger partial charge in [0.25, 0.3) is 0 Å². The number of aromatic nitrogens is 1. The molecule has 1 heterocycles. The summed E-state index contributed by atoms with van der Waals surface area (Å²) >= 11 is 1.74. The van der Waals surface area contributed by atoms with E-state index in [0.717, 1.165) is 17.3 Å². The quantitative estimate of drug-likeness (QED) is 0.928. The zero-order valence-corrected chi connectivity index (χ0v) is 12.9. The van der Waals surface area contributed by atoms with E-state index in [1.54, 1.807) is 18.4 Å². The summed E-state index contributed by atoms with van der Waals surface area (Å²) in [7, 11) is 3.67. The molecular formula is C15H20N2OS. The van der Waals surface area contributed by atoms with Crippen LogP contribution in [0.1, 0.15) is 21.7 Å². The van der Waals surface area contributed by atoms with E-state index >= 15 is 0 Å². The minimum Gasteiger partial charge on any atom is -0.496 e. The Morgan fingerprint density at radius 1 is 1.26 bits per heavy atom. The van der Waals surface area contributed by atoms with Gasteiger partial charge in [-0.05, 0) is 56.1 Å². The fourth-order valence-corrected chi connectivity index (χ4v) is 3.30. The molecule has 0 spiro atoms. The van der Waals surface area contributed by atoms with Gasteiger partial charge in [0.15, 0.2) is 0 Å². The number of benzene rings is 1. The number of thiazole rings is 1. The predicted molar refractivity (Wildman–Crippen MR) is 81.1 cm³/mol. The molecule has 1 aromatic carbocycles. The fraction of sp³-hybridized carbons (Fsp3) is 0.400. The van der Waals surface area contributed by atoms with Gasteiger partial charge in [-0.2, -0.15) is 0 Å². The normalized spacial score (nSPS) is 10.8. The van der Waals surface area contributed by atoms with Gasteiger partial charge >= 0.3 is 0 Å². The van der Waals surface area contributed by atoms with Crippen LogP contribution in [-0.4, -0.2) is 19.1 Å². The lowest BCUT2D eigenvalue weighted by molar-refractivity contribution is 0.408. The van der Waals surface area contributed by atoms with Crippen LogP contribution in [0, 0.1) is 20.8 Å². The average Bonchev–Trinajstić information content (AvgIpc) is 2.83. The number of hydrogen-bond acceptors (Lipinski definition) is 4. The second-order valence-electron chi connectivity index (χ2n) is 4.67. The first kappa shape index (κ1) is 14.0. The Bertz CT molecular complexity index is 590. The standard InChI is InChI=1S/C15H20N2OS/c1-9-6-12(10(2)11(3)15(9)18-5)13-7-17-14(19-13)8-16-4/h6-7,16H,8H2,1-5H3. The smallest absolute Gasteiger partial charge is 0.124 e. The van der Waals surface area contributed by atoms with E-state index in [9.17, 15) is 0 Å². The van der Waals surface area contributed by atoms with Crippen LogP contribution in [0.25, 0.3) is 10.4 Å². The van der Waals surface area contributed by atoms with E-state index in [1.165, 1.54) is 27.1 Å². The molecule has 1 aromatic heterocycles. The van der Waals surface area contributed by atoms with Gasteiger partial charge in [-0.1, -0.05) is 0 Å². The summed E-state index contributed by atoms with van der Waals surface area (Å²) in [6.45, 7) is 7.16. The Hall–Kier alpha value is -1.39. The summed E-state index contributed by atoms with van der Waals surface area (Å²) in [5, 5.41) is 4.25. The first-order valence-corrected chi connectivity index (χ1v) is 7.14. The first-order chi connectivity index (χ1) is 9.08. The zero-order chi connectivity index (χ0) is 14.0. The van der Waals surface area contributed by atoms with E-state index in [4.69, 9.17) is 4.74 Å². The molecule has 0 saturated heterocycles. The zero-order valence-electron chi connectivity index (χ0n) is 12.1. The summed E-state index contributed by atoms with van der Waals surface area (Å²) in [6, 6.07) is 2.19. The van der Waals surface area contributed by atoms with Gasteiger partial charge in [0.05, 0.1) is 12.0 Å². The first-order valence-electron chi connectivity index (χ1n) is 6.33. The molecule has 0 aliphatic heterocycles. The molecule has 3 nitrogen and oxygen atoms in total. The van der Waals surface area contributed by atoms with Gasteiger partial charge in [0.2, 0.25) is 0 Å². The van der Waals surface area contributed by atoms with Crippen LogP contribution in [0.3, 0.4) is 0 Å². The van der Waals surface area contributed by atoms with Gasteiger partial charge in [0.1, 0.15) is 10.8 Å². The van der Waals surface area contributed by atoms with Crippen molar-refractivity contribution in [1.82, 2.24) is 10.3 Å². The van der Waals surface area contributed by atoms with Crippen molar-refractivity contribution in [2.75, 3.05) is 14.2 Å². The van der Waals surface area contributed by atoms with Crippen LogP contribution in [0.5, 0.6) is 5.75 Å². The molecule has 0 bridgehead atoms. The van der Waals surface area contributed by atoms with Gasteiger partial charge < -0.3 is 10.1 Å². The van der Waals surface area contributed by atoms with Gasteiger partial charge in [-0.25, -0.2) is 4.98 Å². The molecule has 1 N–H and O–H groups in total. The Labute approximate surface area is 118 Å². The molecule has 0 aliphatic rings. The summed E-state index contributed by atoms with van der Waals surface area (Å²) in [4.78, 5) is 5.67. The minimum absolute atomic E-state index is 0.817. The van der Waals surface area contributed by atoms with Gasteiger partial charge in [-0.3, -0.25) is 0 Å². The molecule has 0 unspecified atom stereocenters. The number of rotatable bonds is 4. The van der Waals surface area contributed by atoms with Crippen molar-refractivity contribution >= 4 is 11.3 Å². The Morgan fingerprint density at radius 3 is 2.63 bits per heavy atom. The Kier molecular flexibility index (Phi) is 4.22. The van der Waals surface area contributed by atoms with Gasteiger partial charge in [0, 0.05) is 12.7 Å². The molecule has 2 aromatic rings. The Balaban J connectivity index is 2.50. The number of aryl methyl sites for hydroxylation is 1. The minimum atomic E-state index is 0.817. The van der Waals surface area contributed by atoms with Crippen LogP contribution in [-0.2, 0) is 6.54 Å². The fourth-order valence-electron chi connectivity index (χ4n) is 2.30. The van der Waals surface area contributed by atoms with E-state index in [2.05, 4.69) is 37.1 Å². The molecule has 0 amide bonds. The lowest BCUT2D eigenvalue weighted by atomic mass is 9.98. The van der Waals surface area contributed by atoms with Crippen molar-refractivity contribution in [3.05, 3.63) is 34.0 Å². The van der Waals surface area contributed by atoms with Crippen molar-refractivity contribution in [2.24, 2.45) is 0 Å². The molecule has 0 saturated carbocycles. The number of hydrogen-bond donors (Lipinski definition) is 1. The summed E-state index contributed by atoms with van der Waals surface area (Å²) in [5.74, 6) is 0.987. The molecule has 0 radical (unpaired) electrons. The highest BCUT2D eigenvalue weighted by Gasteiger charge is 2.13. The van der Waals surface area contributed by atoms with Crippen LogP contribution in [0.15, 0.2) is 12.3 Å². The van der Waals surface area contributed by atoms with E-state index in [0.29, 0.717) is 0 Å². The molecule has 0 fully saturated rings. The van der Waals surface area contributed by atoms with Crippen molar-refractivity contribution < 1.29 is 4.74 Å². The number of ether oxygens (including phenoxy) is 1. The average molecular weight is 276 g/mol. The van der Waals surface area contributed by atoms with Crippen molar-refractivity contribution in [3.8, 4) is 16.2 Å². The van der Waals surface area contributed by atoms with E-state index < -0.39 is 0 Å². The lowest BCUT2D eigenvalue weighted by Gasteiger charge is -2.14. The highest BCUT2D eigenvalue weighted by molar-refractivity contribution is 7.15. The highest BCUT2D eigenvalue weighted by Crippen LogP contribution is 2.36. The molecule has 4 heteroatoms. The Morgan fingerprint density at radius 2 is 2.00 bits per heavy atom. The molecular weight excluding hydrogens is 256 g/mol. The highest BCUT2D eigenvalue weighted by atomic mass is 32.1. The third-order valence-corrected chi connectivity index (χ3v) is 4.41. The monoisotopic (exact) mass is 276 g/mol. The third kappa shape index (κ3) is 2.65. The number of nitrogens with zero attached hydrogens (tertiary/aromatic N) is 1. The third-order valence-electron chi connectivity index (χ3n) is 3.38. The maximum atomic E-state index is 5.47. The van der Waals surface area contributed by atoms with Crippen molar-refractivity contribution in [2.45, 2.75) is 27.3 Å². The maximum Gasteiger partial charge on any atom is 0.124 e. The number of methoxy groups -OCH3 is 1. The van der Waals surface area contributed by atoms with E-state index in [-0.39, 0.29) is 0 Å². The largest absolute Gasteiger partial charge is 0.496 e. The van der Waals surface area contributed by atoms with Crippen LogP contribution in [0.2, 0.25) is 0 Å². The number of nitrogens with one attached hydrogen (secondary N) is 1. The second-order valence-corrected chi connectivity index (χ2v) is 5.79. The second kappa shape index (κ2) is 5.72. The summed E-state index contributed by atoms with van der Waals surface area (Å²) in [6.07, 6.45) is 1.96. The predicted octanol–water partition coefficient (Wildman–Crippen LogP) is 3.46. The van der Waals surface area contributed by atoms with Gasteiger partial charge in [-0.15, -0.1) is 11.3 Å².